The Bertz CT molecular complexity index is 381. The van der Waals surface area contributed by atoms with Gasteiger partial charge in [-0.25, -0.2) is 0 Å². The molecule has 0 saturated carbocycles. The van der Waals surface area contributed by atoms with Gasteiger partial charge in [-0.05, 0) is 38.0 Å². The van der Waals surface area contributed by atoms with Crippen LogP contribution in [0.2, 0.25) is 0 Å². The summed E-state index contributed by atoms with van der Waals surface area (Å²) in [5.74, 6) is 0.497. The first-order valence-electron chi connectivity index (χ1n) is 5.17. The second kappa shape index (κ2) is 6.26. The van der Waals surface area contributed by atoms with E-state index in [4.69, 9.17) is 11.6 Å². The van der Waals surface area contributed by atoms with Crippen molar-refractivity contribution in [2.45, 2.75) is 26.3 Å². The number of nitrogens with one attached hydrogen (secondary N) is 1. The molecule has 0 aliphatic rings. The normalized spacial score (nSPS) is 12.2. The van der Waals surface area contributed by atoms with E-state index >= 15 is 0 Å². The number of benzene rings is 1. The Hall–Kier alpha value is -0.540. The largest absolute Gasteiger partial charge is 0.350 e. The average molecular weight is 305 g/mol. The van der Waals surface area contributed by atoms with Crippen LogP contribution in [-0.4, -0.2) is 17.8 Å². The number of hydrogen-bond donors (Lipinski definition) is 1. The van der Waals surface area contributed by atoms with Crippen molar-refractivity contribution >= 4 is 33.4 Å². The number of hydrogen-bond acceptors (Lipinski definition) is 1. The molecule has 16 heavy (non-hydrogen) atoms. The van der Waals surface area contributed by atoms with Crippen molar-refractivity contribution in [2.24, 2.45) is 0 Å². The third-order valence-electron chi connectivity index (χ3n) is 2.35. The SMILES string of the molecule is Cc1ccc(C(=O)NC(C)CCCl)cc1Br. The summed E-state index contributed by atoms with van der Waals surface area (Å²) in [4.78, 5) is 11.8. The van der Waals surface area contributed by atoms with Gasteiger partial charge in [0, 0.05) is 22.0 Å². The molecule has 0 spiro atoms. The standard InChI is InChI=1S/C12H15BrClNO/c1-8-3-4-10(7-11(8)13)12(16)15-9(2)5-6-14/h3-4,7,9H,5-6H2,1-2H3,(H,15,16). The zero-order valence-electron chi connectivity index (χ0n) is 9.39. The molecule has 0 saturated heterocycles. The second-order valence-corrected chi connectivity index (χ2v) is 5.05. The zero-order chi connectivity index (χ0) is 12.1. The summed E-state index contributed by atoms with van der Waals surface area (Å²) in [5, 5.41) is 2.90. The van der Waals surface area contributed by atoms with Crippen LogP contribution >= 0.6 is 27.5 Å². The van der Waals surface area contributed by atoms with Crippen LogP contribution in [0.1, 0.15) is 29.3 Å². The fourth-order valence-corrected chi connectivity index (χ4v) is 1.98. The second-order valence-electron chi connectivity index (χ2n) is 3.82. The zero-order valence-corrected chi connectivity index (χ0v) is 11.7. The molecular formula is C12H15BrClNO. The number of carbonyl (C=O) groups excluding carboxylic acids is 1. The molecule has 1 rings (SSSR count). The van der Waals surface area contributed by atoms with Crippen LogP contribution in [0.3, 0.4) is 0 Å². The molecule has 1 aromatic carbocycles. The van der Waals surface area contributed by atoms with Gasteiger partial charge in [0.2, 0.25) is 0 Å². The summed E-state index contributed by atoms with van der Waals surface area (Å²) in [6.45, 7) is 3.94. The molecule has 1 atom stereocenters. The summed E-state index contributed by atoms with van der Waals surface area (Å²) < 4.78 is 0.949. The van der Waals surface area contributed by atoms with E-state index in [2.05, 4.69) is 21.2 Å². The minimum Gasteiger partial charge on any atom is -0.350 e. The number of rotatable bonds is 4. The molecule has 1 N–H and O–H groups in total. The van der Waals surface area contributed by atoms with Gasteiger partial charge in [0.05, 0.1) is 0 Å². The monoisotopic (exact) mass is 303 g/mol. The van der Waals surface area contributed by atoms with Crippen LogP contribution in [0.15, 0.2) is 22.7 Å². The van der Waals surface area contributed by atoms with Crippen molar-refractivity contribution in [1.82, 2.24) is 5.32 Å². The molecule has 0 aromatic heterocycles. The maximum atomic E-state index is 11.8. The van der Waals surface area contributed by atoms with Gasteiger partial charge >= 0.3 is 0 Å². The minimum absolute atomic E-state index is 0.0571. The van der Waals surface area contributed by atoms with Crippen LogP contribution in [0, 0.1) is 6.92 Å². The van der Waals surface area contributed by atoms with Gasteiger partial charge in [-0.1, -0.05) is 22.0 Å². The summed E-state index contributed by atoms with van der Waals surface area (Å²) >= 11 is 9.02. The molecule has 0 fully saturated rings. The summed E-state index contributed by atoms with van der Waals surface area (Å²) in [6.07, 6.45) is 0.778. The number of aryl methyl sites for hydroxylation is 1. The highest BCUT2D eigenvalue weighted by Crippen LogP contribution is 2.17. The predicted octanol–water partition coefficient (Wildman–Crippen LogP) is 3.50. The quantitative estimate of drug-likeness (QED) is 0.848. The topological polar surface area (TPSA) is 29.1 Å². The van der Waals surface area contributed by atoms with E-state index in [1.807, 2.05) is 32.0 Å². The fourth-order valence-electron chi connectivity index (χ4n) is 1.28. The third-order valence-corrected chi connectivity index (χ3v) is 3.43. The molecule has 1 aromatic rings. The van der Waals surface area contributed by atoms with E-state index in [-0.39, 0.29) is 11.9 Å². The first-order valence-corrected chi connectivity index (χ1v) is 6.50. The highest BCUT2D eigenvalue weighted by molar-refractivity contribution is 9.10. The van der Waals surface area contributed by atoms with Crippen molar-refractivity contribution in [3.63, 3.8) is 0 Å². The molecule has 0 aliphatic heterocycles. The predicted molar refractivity (Wildman–Crippen MR) is 71.1 cm³/mol. The first kappa shape index (κ1) is 13.5. The van der Waals surface area contributed by atoms with Crippen molar-refractivity contribution in [3.05, 3.63) is 33.8 Å². The van der Waals surface area contributed by atoms with Gasteiger partial charge in [0.25, 0.3) is 5.91 Å². The Balaban J connectivity index is 2.69. The van der Waals surface area contributed by atoms with E-state index in [1.165, 1.54) is 0 Å². The van der Waals surface area contributed by atoms with Crippen LogP contribution in [0.25, 0.3) is 0 Å². The van der Waals surface area contributed by atoms with Crippen molar-refractivity contribution in [3.8, 4) is 0 Å². The lowest BCUT2D eigenvalue weighted by Gasteiger charge is -2.12. The van der Waals surface area contributed by atoms with Gasteiger partial charge in [-0.15, -0.1) is 11.6 Å². The molecule has 4 heteroatoms. The molecule has 2 nitrogen and oxygen atoms in total. The Labute approximate surface area is 110 Å². The Morgan fingerprint density at radius 2 is 2.25 bits per heavy atom. The number of amides is 1. The number of carbonyl (C=O) groups is 1. The maximum Gasteiger partial charge on any atom is 0.251 e. The molecule has 88 valence electrons. The number of halogens is 2. The molecule has 0 radical (unpaired) electrons. The van der Waals surface area contributed by atoms with Gasteiger partial charge in [-0.2, -0.15) is 0 Å². The highest BCUT2D eigenvalue weighted by Gasteiger charge is 2.10. The summed E-state index contributed by atoms with van der Waals surface area (Å²) in [6, 6.07) is 5.68. The lowest BCUT2D eigenvalue weighted by Crippen LogP contribution is -2.32. The summed E-state index contributed by atoms with van der Waals surface area (Å²) in [7, 11) is 0. The summed E-state index contributed by atoms with van der Waals surface area (Å²) in [5.41, 5.74) is 1.78. The Morgan fingerprint density at radius 1 is 1.56 bits per heavy atom. The van der Waals surface area contributed by atoms with Crippen LogP contribution in [0.5, 0.6) is 0 Å². The Kier molecular flexibility index (Phi) is 5.29. The maximum absolute atomic E-state index is 11.8. The average Bonchev–Trinajstić information content (AvgIpc) is 2.22. The molecule has 0 bridgehead atoms. The van der Waals surface area contributed by atoms with E-state index in [9.17, 15) is 4.79 Å². The highest BCUT2D eigenvalue weighted by atomic mass is 79.9. The van der Waals surface area contributed by atoms with Gasteiger partial charge < -0.3 is 5.32 Å². The molecule has 0 aliphatic carbocycles. The minimum atomic E-state index is -0.0571. The van der Waals surface area contributed by atoms with Gasteiger partial charge in [0.1, 0.15) is 0 Å². The van der Waals surface area contributed by atoms with Gasteiger partial charge in [0.15, 0.2) is 0 Å². The fraction of sp³-hybridized carbons (Fsp3) is 0.417. The Morgan fingerprint density at radius 3 is 2.81 bits per heavy atom. The van der Waals surface area contributed by atoms with Gasteiger partial charge in [-0.3, -0.25) is 4.79 Å². The lowest BCUT2D eigenvalue weighted by molar-refractivity contribution is 0.0939. The van der Waals surface area contributed by atoms with E-state index in [0.717, 1.165) is 16.5 Å². The molecular weight excluding hydrogens is 289 g/mol. The van der Waals surface area contributed by atoms with E-state index < -0.39 is 0 Å². The van der Waals surface area contributed by atoms with Crippen molar-refractivity contribution in [2.75, 3.05) is 5.88 Å². The van der Waals surface area contributed by atoms with Crippen molar-refractivity contribution < 1.29 is 4.79 Å². The smallest absolute Gasteiger partial charge is 0.251 e. The molecule has 1 unspecified atom stereocenters. The number of alkyl halides is 1. The van der Waals surface area contributed by atoms with Crippen LogP contribution in [0.4, 0.5) is 0 Å². The van der Waals surface area contributed by atoms with Crippen LogP contribution in [-0.2, 0) is 0 Å². The molecule has 1 amide bonds. The van der Waals surface area contributed by atoms with E-state index in [0.29, 0.717) is 11.4 Å². The van der Waals surface area contributed by atoms with Crippen molar-refractivity contribution in [1.29, 1.82) is 0 Å². The third kappa shape index (κ3) is 3.80. The van der Waals surface area contributed by atoms with Crippen LogP contribution < -0.4 is 5.32 Å². The van der Waals surface area contributed by atoms with E-state index in [1.54, 1.807) is 0 Å². The molecule has 0 heterocycles. The lowest BCUT2D eigenvalue weighted by atomic mass is 10.1. The first-order chi connectivity index (χ1) is 7.54.